The summed E-state index contributed by atoms with van der Waals surface area (Å²) in [5.41, 5.74) is 1.72. The summed E-state index contributed by atoms with van der Waals surface area (Å²) in [6, 6.07) is 15.7. The van der Waals surface area contributed by atoms with Crippen LogP contribution in [0.4, 0.5) is 0 Å². The molecule has 0 bridgehead atoms. The second-order valence-corrected chi connectivity index (χ2v) is 6.51. The van der Waals surface area contributed by atoms with E-state index in [0.717, 1.165) is 32.4 Å². The van der Waals surface area contributed by atoms with Crippen molar-refractivity contribution < 1.29 is 13.7 Å². The van der Waals surface area contributed by atoms with Gasteiger partial charge in [0.2, 0.25) is 5.76 Å². The van der Waals surface area contributed by atoms with Crippen LogP contribution in [-0.2, 0) is 6.42 Å². The van der Waals surface area contributed by atoms with Crippen LogP contribution in [0.3, 0.4) is 0 Å². The van der Waals surface area contributed by atoms with Crippen LogP contribution in [0, 0.1) is 5.92 Å². The van der Waals surface area contributed by atoms with Crippen molar-refractivity contribution in [3.8, 4) is 11.5 Å². The van der Waals surface area contributed by atoms with Crippen LogP contribution in [0.5, 0.6) is 0 Å². The smallest absolute Gasteiger partial charge is 0.276 e. The van der Waals surface area contributed by atoms with Crippen molar-refractivity contribution in [2.75, 3.05) is 13.1 Å². The van der Waals surface area contributed by atoms with E-state index < -0.39 is 0 Å². The number of hydrogen-bond donors (Lipinski definition) is 0. The Kier molecular flexibility index (Phi) is 4.37. The van der Waals surface area contributed by atoms with Crippen LogP contribution in [0.2, 0.25) is 0 Å². The van der Waals surface area contributed by atoms with Crippen molar-refractivity contribution in [3.63, 3.8) is 0 Å². The number of carbonyl (C=O) groups excluding carboxylic acids is 1. The highest BCUT2D eigenvalue weighted by Gasteiger charge is 2.32. The number of benzene rings is 1. The minimum absolute atomic E-state index is 0.0686. The molecular weight excluding hydrogens is 316 g/mol. The van der Waals surface area contributed by atoms with Gasteiger partial charge in [-0.05, 0) is 42.9 Å². The van der Waals surface area contributed by atoms with Crippen molar-refractivity contribution in [1.29, 1.82) is 0 Å². The molecule has 0 N–H and O–H groups in total. The molecule has 1 aromatic carbocycles. The van der Waals surface area contributed by atoms with E-state index in [9.17, 15) is 4.79 Å². The third kappa shape index (κ3) is 3.50. The van der Waals surface area contributed by atoms with Gasteiger partial charge < -0.3 is 13.8 Å². The average molecular weight is 336 g/mol. The lowest BCUT2D eigenvalue weighted by Crippen LogP contribution is -2.50. The molecule has 0 aliphatic carbocycles. The molecule has 0 unspecified atom stereocenters. The molecule has 1 aliphatic heterocycles. The Labute approximate surface area is 146 Å². The zero-order valence-electron chi connectivity index (χ0n) is 13.9. The van der Waals surface area contributed by atoms with Crippen molar-refractivity contribution in [2.45, 2.75) is 19.3 Å². The van der Waals surface area contributed by atoms with Gasteiger partial charge in [-0.1, -0.05) is 35.5 Å². The van der Waals surface area contributed by atoms with Gasteiger partial charge in [0.1, 0.15) is 0 Å². The molecule has 1 saturated heterocycles. The minimum Gasteiger partial charge on any atom is -0.461 e. The number of amides is 1. The molecule has 2 aromatic heterocycles. The molecule has 1 amide bonds. The van der Waals surface area contributed by atoms with Gasteiger partial charge in [0, 0.05) is 19.2 Å². The number of carbonyl (C=O) groups is 1. The number of hydrogen-bond acceptors (Lipinski definition) is 4. The van der Waals surface area contributed by atoms with E-state index in [1.807, 2.05) is 11.0 Å². The summed E-state index contributed by atoms with van der Waals surface area (Å²) in [6.07, 6.45) is 4.97. The highest BCUT2D eigenvalue weighted by Crippen LogP contribution is 2.25. The Morgan fingerprint density at radius 1 is 1.12 bits per heavy atom. The third-order valence-electron chi connectivity index (χ3n) is 4.66. The summed E-state index contributed by atoms with van der Waals surface area (Å²) in [7, 11) is 0. The second-order valence-electron chi connectivity index (χ2n) is 6.51. The Balaban J connectivity index is 1.24. The molecule has 0 radical (unpaired) electrons. The zero-order valence-corrected chi connectivity index (χ0v) is 13.9. The van der Waals surface area contributed by atoms with Crippen LogP contribution in [0.15, 0.2) is 63.7 Å². The van der Waals surface area contributed by atoms with Crippen LogP contribution >= 0.6 is 0 Å². The Bertz CT molecular complexity index is 818. The van der Waals surface area contributed by atoms with Crippen molar-refractivity contribution >= 4 is 5.91 Å². The number of nitrogens with zero attached hydrogens (tertiary/aromatic N) is 2. The largest absolute Gasteiger partial charge is 0.461 e. The Hall–Kier alpha value is -2.82. The number of furan rings is 1. The average Bonchev–Trinajstić information content (AvgIpc) is 3.28. The SMILES string of the molecule is O=C(c1cc(-c2ccco2)on1)N1CC(CCCc2ccccc2)C1. The maximum Gasteiger partial charge on any atom is 0.276 e. The lowest BCUT2D eigenvalue weighted by atomic mass is 9.92. The lowest BCUT2D eigenvalue weighted by molar-refractivity contribution is 0.0471. The molecule has 1 fully saturated rings. The van der Waals surface area contributed by atoms with Gasteiger partial charge in [-0.3, -0.25) is 4.79 Å². The Morgan fingerprint density at radius 3 is 2.72 bits per heavy atom. The first kappa shape index (κ1) is 15.7. The predicted molar refractivity (Wildman–Crippen MR) is 93.0 cm³/mol. The van der Waals surface area contributed by atoms with Gasteiger partial charge in [-0.2, -0.15) is 0 Å². The molecule has 4 rings (SSSR count). The van der Waals surface area contributed by atoms with Gasteiger partial charge in [0.15, 0.2) is 11.5 Å². The predicted octanol–water partition coefficient (Wildman–Crippen LogP) is 4.03. The quantitative estimate of drug-likeness (QED) is 0.682. The molecule has 0 spiro atoms. The third-order valence-corrected chi connectivity index (χ3v) is 4.66. The molecule has 0 atom stereocenters. The number of rotatable bonds is 6. The molecule has 1 aliphatic rings. The van der Waals surface area contributed by atoms with E-state index >= 15 is 0 Å². The molecule has 0 saturated carbocycles. The van der Waals surface area contributed by atoms with Gasteiger partial charge in [-0.15, -0.1) is 0 Å². The normalized spacial score (nSPS) is 14.5. The summed E-state index contributed by atoms with van der Waals surface area (Å²) in [5.74, 6) is 1.58. The first-order valence-electron chi connectivity index (χ1n) is 8.63. The highest BCUT2D eigenvalue weighted by molar-refractivity contribution is 5.93. The Morgan fingerprint density at radius 2 is 1.96 bits per heavy atom. The first-order valence-corrected chi connectivity index (χ1v) is 8.63. The number of likely N-dealkylation sites (tertiary alicyclic amines) is 1. The molecule has 3 heterocycles. The zero-order chi connectivity index (χ0) is 17.1. The minimum atomic E-state index is -0.0686. The van der Waals surface area contributed by atoms with E-state index in [0.29, 0.717) is 23.1 Å². The lowest BCUT2D eigenvalue weighted by Gasteiger charge is -2.38. The van der Waals surface area contributed by atoms with E-state index in [2.05, 4.69) is 29.4 Å². The summed E-state index contributed by atoms with van der Waals surface area (Å²) < 4.78 is 10.5. The maximum atomic E-state index is 12.4. The summed E-state index contributed by atoms with van der Waals surface area (Å²) >= 11 is 0. The van der Waals surface area contributed by atoms with Crippen molar-refractivity contribution in [2.24, 2.45) is 5.92 Å². The monoisotopic (exact) mass is 336 g/mol. The van der Waals surface area contributed by atoms with Crippen LogP contribution in [-0.4, -0.2) is 29.1 Å². The molecule has 25 heavy (non-hydrogen) atoms. The fourth-order valence-electron chi connectivity index (χ4n) is 3.23. The number of aryl methyl sites for hydroxylation is 1. The summed E-state index contributed by atoms with van der Waals surface area (Å²) in [5, 5.41) is 3.88. The van der Waals surface area contributed by atoms with E-state index in [1.54, 1.807) is 24.5 Å². The highest BCUT2D eigenvalue weighted by atomic mass is 16.5. The topological polar surface area (TPSA) is 59.5 Å². The van der Waals surface area contributed by atoms with Crippen LogP contribution < -0.4 is 0 Å². The van der Waals surface area contributed by atoms with Crippen LogP contribution in [0.25, 0.3) is 11.5 Å². The van der Waals surface area contributed by atoms with Crippen LogP contribution in [0.1, 0.15) is 28.9 Å². The van der Waals surface area contributed by atoms with E-state index in [-0.39, 0.29) is 5.91 Å². The standard InChI is InChI=1S/C20H20N2O3/c23-20(17-12-19(25-21-17)18-10-5-11-24-18)22-13-16(14-22)9-4-8-15-6-2-1-3-7-15/h1-3,5-7,10-12,16H,4,8-9,13-14H2. The molecule has 5 heteroatoms. The fraction of sp³-hybridized carbons (Fsp3) is 0.300. The van der Waals surface area contributed by atoms with E-state index in [4.69, 9.17) is 8.94 Å². The van der Waals surface area contributed by atoms with Gasteiger partial charge in [0.25, 0.3) is 5.91 Å². The molecule has 3 aromatic rings. The molecule has 5 nitrogen and oxygen atoms in total. The summed E-state index contributed by atoms with van der Waals surface area (Å²) in [4.78, 5) is 14.3. The number of aromatic nitrogens is 1. The molecular formula is C20H20N2O3. The van der Waals surface area contributed by atoms with Gasteiger partial charge in [0.05, 0.1) is 6.26 Å². The fourth-order valence-corrected chi connectivity index (χ4v) is 3.23. The van der Waals surface area contributed by atoms with Gasteiger partial charge >= 0.3 is 0 Å². The van der Waals surface area contributed by atoms with Crippen molar-refractivity contribution in [3.05, 3.63) is 66.1 Å². The van der Waals surface area contributed by atoms with Crippen molar-refractivity contribution in [1.82, 2.24) is 10.1 Å². The van der Waals surface area contributed by atoms with E-state index in [1.165, 1.54) is 5.56 Å². The van der Waals surface area contributed by atoms with Gasteiger partial charge in [-0.25, -0.2) is 0 Å². The maximum absolute atomic E-state index is 12.4. The second kappa shape index (κ2) is 6.97. The summed E-state index contributed by atoms with van der Waals surface area (Å²) in [6.45, 7) is 1.60. The first-order chi connectivity index (χ1) is 12.3. The molecule has 128 valence electrons.